The van der Waals surface area contributed by atoms with Gasteiger partial charge < -0.3 is 0 Å². The Morgan fingerprint density at radius 2 is 1.32 bits per heavy atom. The van der Waals surface area contributed by atoms with Gasteiger partial charge in [0.2, 0.25) is 0 Å². The molecule has 2 fully saturated rings. The number of nitrogens with zero attached hydrogens (tertiary/aromatic N) is 1. The van der Waals surface area contributed by atoms with Crippen molar-refractivity contribution in [2.24, 2.45) is 5.41 Å². The summed E-state index contributed by atoms with van der Waals surface area (Å²) >= 11 is 0. The molecule has 1 saturated carbocycles. The van der Waals surface area contributed by atoms with Crippen molar-refractivity contribution in [3.05, 3.63) is 0 Å². The quantitative estimate of drug-likeness (QED) is 0.369. The van der Waals surface area contributed by atoms with E-state index in [1.54, 1.807) is 0 Å². The van der Waals surface area contributed by atoms with E-state index in [4.69, 9.17) is 0 Å². The third kappa shape index (κ3) is 5.25. The first kappa shape index (κ1) is 18.3. The van der Waals surface area contributed by atoms with E-state index in [0.717, 1.165) is 5.41 Å². The van der Waals surface area contributed by atoms with Crippen LogP contribution in [-0.4, -0.2) is 23.5 Å². The van der Waals surface area contributed by atoms with Crippen LogP contribution in [0.15, 0.2) is 0 Å². The summed E-state index contributed by atoms with van der Waals surface area (Å²) in [7, 11) is 0. The van der Waals surface area contributed by atoms with Gasteiger partial charge >= 0.3 is 0 Å². The fourth-order valence-electron chi connectivity index (χ4n) is 4.46. The maximum absolute atomic E-state index is 2.91. The Kier molecular flexibility index (Phi) is 7.25. The largest absolute Gasteiger partial charge is 0.297 e. The van der Waals surface area contributed by atoms with E-state index in [-0.39, 0.29) is 0 Å². The van der Waals surface area contributed by atoms with Crippen molar-refractivity contribution in [3.8, 4) is 0 Å². The van der Waals surface area contributed by atoms with E-state index in [0.29, 0.717) is 5.54 Å². The molecule has 1 saturated heterocycles. The van der Waals surface area contributed by atoms with Crippen molar-refractivity contribution < 1.29 is 0 Å². The Morgan fingerprint density at radius 1 is 0.773 bits per heavy atom. The van der Waals surface area contributed by atoms with Gasteiger partial charge in [-0.1, -0.05) is 71.6 Å². The normalized spacial score (nSPS) is 23.0. The molecule has 1 heterocycles. The monoisotopic (exact) mass is 307 g/mol. The second-order valence-corrected chi connectivity index (χ2v) is 8.64. The lowest BCUT2D eigenvalue weighted by molar-refractivity contribution is 0.101. The molecule has 1 unspecified atom stereocenters. The van der Waals surface area contributed by atoms with Crippen LogP contribution in [0.4, 0.5) is 0 Å². The highest BCUT2D eigenvalue weighted by molar-refractivity contribution is 5.04. The van der Waals surface area contributed by atoms with Crippen molar-refractivity contribution in [3.63, 3.8) is 0 Å². The topological polar surface area (TPSA) is 3.24 Å². The van der Waals surface area contributed by atoms with E-state index in [2.05, 4.69) is 25.7 Å². The Labute approximate surface area is 140 Å². The molecular formula is C21H41N. The molecule has 0 bridgehead atoms. The molecule has 1 spiro atoms. The Hall–Kier alpha value is -0.0400. The number of unbranched alkanes of at least 4 members (excludes halogenated alkanes) is 7. The van der Waals surface area contributed by atoms with Crippen LogP contribution in [0.5, 0.6) is 0 Å². The van der Waals surface area contributed by atoms with Gasteiger partial charge in [-0.2, -0.15) is 0 Å². The van der Waals surface area contributed by atoms with Crippen LogP contribution in [0.25, 0.3) is 0 Å². The van der Waals surface area contributed by atoms with Gasteiger partial charge in [-0.3, -0.25) is 4.90 Å². The minimum Gasteiger partial charge on any atom is -0.297 e. The molecule has 130 valence electrons. The summed E-state index contributed by atoms with van der Waals surface area (Å²) in [5.74, 6) is 0. The summed E-state index contributed by atoms with van der Waals surface area (Å²) in [5.41, 5.74) is 1.29. The van der Waals surface area contributed by atoms with Crippen LogP contribution >= 0.6 is 0 Å². The molecule has 0 N–H and O–H groups in total. The molecule has 0 amide bonds. The van der Waals surface area contributed by atoms with Crippen molar-refractivity contribution in [1.82, 2.24) is 4.90 Å². The van der Waals surface area contributed by atoms with Gasteiger partial charge in [0.15, 0.2) is 0 Å². The minimum atomic E-state index is 0.506. The fraction of sp³-hybridized carbons (Fsp3) is 1.00. The maximum atomic E-state index is 2.91. The Morgan fingerprint density at radius 3 is 1.82 bits per heavy atom. The molecular weight excluding hydrogens is 266 g/mol. The molecule has 2 aliphatic rings. The summed E-state index contributed by atoms with van der Waals surface area (Å²) in [5, 5.41) is 0. The van der Waals surface area contributed by atoms with E-state index >= 15 is 0 Å². The smallest absolute Gasteiger partial charge is 0.0181 e. The average molecular weight is 308 g/mol. The van der Waals surface area contributed by atoms with Crippen LogP contribution in [0.3, 0.4) is 0 Å². The Bertz CT molecular complexity index is 307. The Balaban J connectivity index is 1.79. The lowest BCUT2D eigenvalue weighted by atomic mass is 9.86. The van der Waals surface area contributed by atoms with Crippen LogP contribution in [-0.2, 0) is 0 Å². The van der Waals surface area contributed by atoms with Crippen LogP contribution in [0.2, 0.25) is 0 Å². The van der Waals surface area contributed by atoms with E-state index in [9.17, 15) is 0 Å². The first-order chi connectivity index (χ1) is 10.6. The molecule has 1 aliphatic carbocycles. The zero-order valence-electron chi connectivity index (χ0n) is 15.8. The number of rotatable bonds is 12. The van der Waals surface area contributed by atoms with Crippen molar-refractivity contribution in [2.75, 3.05) is 13.1 Å². The lowest BCUT2D eigenvalue weighted by Gasteiger charge is -2.40. The zero-order valence-corrected chi connectivity index (χ0v) is 15.8. The van der Waals surface area contributed by atoms with E-state index in [1.165, 1.54) is 103 Å². The second kappa shape index (κ2) is 8.71. The predicted octanol–water partition coefficient (Wildman–Crippen LogP) is 6.56. The first-order valence-electron chi connectivity index (χ1n) is 10.4. The van der Waals surface area contributed by atoms with Gasteiger partial charge in [-0.25, -0.2) is 0 Å². The molecule has 1 aliphatic heterocycles. The van der Waals surface area contributed by atoms with Gasteiger partial charge in [0.05, 0.1) is 0 Å². The summed E-state index contributed by atoms with van der Waals surface area (Å²) in [6, 6.07) is 0. The fourth-order valence-corrected chi connectivity index (χ4v) is 4.46. The summed E-state index contributed by atoms with van der Waals surface area (Å²) in [6.45, 7) is 10.0. The molecule has 1 nitrogen and oxygen atoms in total. The zero-order chi connectivity index (χ0) is 15.9. The number of hydrogen-bond acceptors (Lipinski definition) is 1. The van der Waals surface area contributed by atoms with Crippen LogP contribution < -0.4 is 0 Å². The summed E-state index contributed by atoms with van der Waals surface area (Å²) in [6.07, 6.45) is 20.3. The molecule has 0 aromatic carbocycles. The van der Waals surface area contributed by atoms with Crippen LogP contribution in [0.1, 0.15) is 111 Å². The standard InChI is InChI=1S/C21H41N/c1-4-6-8-10-12-14-20(3,13-11-9-7-5-2)22-18-17-21(19-22)15-16-21/h4-19H2,1-3H3. The minimum absolute atomic E-state index is 0.506. The third-order valence-electron chi connectivity index (χ3n) is 6.55. The number of likely N-dealkylation sites (tertiary alicyclic amines) is 1. The molecule has 2 rings (SSSR count). The first-order valence-corrected chi connectivity index (χ1v) is 10.4. The number of hydrogen-bond donors (Lipinski definition) is 0. The SMILES string of the molecule is CCCCCCCC(C)(CCCCCC)N1CCC2(CC2)C1. The molecule has 22 heavy (non-hydrogen) atoms. The van der Waals surface area contributed by atoms with E-state index < -0.39 is 0 Å². The van der Waals surface area contributed by atoms with Gasteiger partial charge in [0, 0.05) is 12.1 Å². The summed E-state index contributed by atoms with van der Waals surface area (Å²) < 4.78 is 0. The van der Waals surface area contributed by atoms with Gasteiger partial charge in [0.1, 0.15) is 0 Å². The van der Waals surface area contributed by atoms with Gasteiger partial charge in [-0.15, -0.1) is 0 Å². The highest BCUT2D eigenvalue weighted by atomic mass is 15.2. The molecule has 0 aromatic heterocycles. The average Bonchev–Trinajstić information content (AvgIpc) is 3.12. The van der Waals surface area contributed by atoms with Gasteiger partial charge in [-0.05, 0) is 51.0 Å². The lowest BCUT2D eigenvalue weighted by Crippen LogP contribution is -2.45. The molecule has 0 aromatic rings. The van der Waals surface area contributed by atoms with Crippen molar-refractivity contribution in [1.29, 1.82) is 0 Å². The second-order valence-electron chi connectivity index (χ2n) is 8.64. The maximum Gasteiger partial charge on any atom is 0.0181 e. The van der Waals surface area contributed by atoms with Gasteiger partial charge in [0.25, 0.3) is 0 Å². The highest BCUT2D eigenvalue weighted by Gasteiger charge is 2.50. The molecule has 0 radical (unpaired) electrons. The molecule has 1 atom stereocenters. The van der Waals surface area contributed by atoms with Crippen LogP contribution in [0, 0.1) is 5.41 Å². The van der Waals surface area contributed by atoms with Crippen molar-refractivity contribution in [2.45, 2.75) is 116 Å². The third-order valence-corrected chi connectivity index (χ3v) is 6.55. The van der Waals surface area contributed by atoms with Crippen molar-refractivity contribution >= 4 is 0 Å². The highest BCUT2D eigenvalue weighted by Crippen LogP contribution is 2.54. The summed E-state index contributed by atoms with van der Waals surface area (Å²) in [4.78, 5) is 2.91. The van der Waals surface area contributed by atoms with E-state index in [1.807, 2.05) is 0 Å². The molecule has 1 heteroatoms. The predicted molar refractivity (Wildman–Crippen MR) is 98.4 cm³/mol.